The lowest BCUT2D eigenvalue weighted by Crippen LogP contribution is -2.15. The number of nitrogens with zero attached hydrogens (tertiary/aromatic N) is 4. The lowest BCUT2D eigenvalue weighted by Gasteiger charge is -2.32. The normalized spacial score (nSPS) is 14.4. The Hall–Kier alpha value is -7.76. The third-order valence-corrected chi connectivity index (χ3v) is 11.5. The molecule has 0 N–H and O–H groups in total. The quantitative estimate of drug-likeness (QED) is 0.173. The third kappa shape index (κ3) is 5.10. The van der Waals surface area contributed by atoms with Gasteiger partial charge in [0.1, 0.15) is 5.58 Å². The highest BCUT2D eigenvalue weighted by atomic mass is 16.3. The highest BCUT2D eigenvalue weighted by Gasteiger charge is 2.22. The second-order valence-electron chi connectivity index (χ2n) is 14.9. The summed E-state index contributed by atoms with van der Waals surface area (Å²) in [5, 5.41) is 14.5. The molecule has 1 aliphatic heterocycles. The van der Waals surface area contributed by atoms with Crippen LogP contribution in [0.1, 0.15) is 22.9 Å². The molecule has 2 aromatic heterocycles. The summed E-state index contributed by atoms with van der Waals surface area (Å²) < 4.78 is 9.61. The summed E-state index contributed by atoms with van der Waals surface area (Å²) in [4.78, 5) is 10.1. The van der Waals surface area contributed by atoms with E-state index in [1.165, 1.54) is 21.5 Å². The van der Waals surface area contributed by atoms with Gasteiger partial charge < -0.3 is 19.3 Å². The summed E-state index contributed by atoms with van der Waals surface area (Å²) in [5.74, 6) is 1.33. The molecule has 0 fully saturated rings. The molecule has 3 heterocycles. The van der Waals surface area contributed by atoms with Crippen LogP contribution in [0.15, 0.2) is 209 Å². The Morgan fingerprint density at radius 1 is 0.466 bits per heavy atom. The number of hydrogen-bond acceptors (Lipinski definition) is 3. The van der Waals surface area contributed by atoms with E-state index in [1.807, 2.05) is 60.7 Å². The fourth-order valence-corrected chi connectivity index (χ4v) is 8.83. The van der Waals surface area contributed by atoms with Crippen LogP contribution in [0, 0.1) is 0 Å². The van der Waals surface area contributed by atoms with Crippen molar-refractivity contribution in [2.75, 3.05) is 0 Å². The number of fused-ring (bicyclic) bond motifs is 9. The predicted octanol–water partition coefficient (Wildman–Crippen LogP) is 13.9. The lowest BCUT2D eigenvalue weighted by molar-refractivity contribution is 0.667. The van der Waals surface area contributed by atoms with E-state index in [0.29, 0.717) is 11.7 Å². The Morgan fingerprint density at radius 3 is 1.95 bits per heavy atom. The zero-order valence-electron chi connectivity index (χ0n) is 31.2. The molecule has 1 atom stereocenters. The zero-order chi connectivity index (χ0) is 38.2. The molecule has 0 spiro atoms. The summed E-state index contributed by atoms with van der Waals surface area (Å²) in [7, 11) is 0. The first-order valence-corrected chi connectivity index (χ1v) is 19.6. The fraction of sp³-hybridized carbons (Fsp3) is 0.0189. The van der Waals surface area contributed by atoms with Crippen LogP contribution in [-0.4, -0.2) is 16.2 Å². The maximum atomic E-state index is 7.23. The molecule has 9 aromatic carbocycles. The highest BCUT2D eigenvalue weighted by molar-refractivity contribution is 6.24. The van der Waals surface area contributed by atoms with Crippen LogP contribution in [0.4, 0.5) is 0 Å². The van der Waals surface area contributed by atoms with Gasteiger partial charge in [0.25, 0.3) is 0 Å². The van der Waals surface area contributed by atoms with Crippen LogP contribution >= 0.6 is 0 Å². The molecule has 0 radical (unpaired) electrons. The molecule has 0 aliphatic carbocycles. The van der Waals surface area contributed by atoms with Crippen LogP contribution < -0.4 is 0 Å². The molecule has 5 nitrogen and oxygen atoms in total. The second-order valence-corrected chi connectivity index (χ2v) is 14.9. The van der Waals surface area contributed by atoms with Crippen LogP contribution in [0.25, 0.3) is 87.4 Å². The third-order valence-electron chi connectivity index (χ3n) is 11.5. The Kier molecular flexibility index (Phi) is 7.23. The minimum atomic E-state index is -0.479. The summed E-state index contributed by atoms with van der Waals surface area (Å²) in [5.41, 5.74) is 9.95. The van der Waals surface area contributed by atoms with Crippen LogP contribution in [0.2, 0.25) is 0 Å². The Balaban J connectivity index is 1.07. The summed E-state index contributed by atoms with van der Waals surface area (Å²) in [6.07, 6.45) is -0.479. The minimum Gasteiger partial charge on any atom is -0.453 e. The molecule has 272 valence electrons. The topological polar surface area (TPSA) is 56.9 Å². The van der Waals surface area contributed by atoms with Gasteiger partial charge in [-0.2, -0.15) is 0 Å². The maximum Gasteiger partial charge on any atom is 0.159 e. The second kappa shape index (κ2) is 12.9. The van der Waals surface area contributed by atoms with E-state index in [1.54, 1.807) is 0 Å². The van der Waals surface area contributed by atoms with E-state index in [4.69, 9.17) is 19.7 Å². The molecule has 5 heteroatoms. The first kappa shape index (κ1) is 32.5. The molecule has 58 heavy (non-hydrogen) atoms. The molecule has 0 amide bonds. The Bertz CT molecular complexity index is 3480. The maximum absolute atomic E-state index is 7.23. The van der Waals surface area contributed by atoms with Crippen molar-refractivity contribution < 1.29 is 4.42 Å². The van der Waals surface area contributed by atoms with Gasteiger partial charge in [-0.3, -0.25) is 4.99 Å². The average Bonchev–Trinajstić information content (AvgIpc) is 3.85. The number of para-hydroxylation sites is 2. The monoisotopic (exact) mass is 741 g/mol. The number of hydrogen-bond donors (Lipinski definition) is 0. The Labute approximate surface area is 333 Å². The van der Waals surface area contributed by atoms with Crippen molar-refractivity contribution in [2.45, 2.75) is 6.17 Å². The van der Waals surface area contributed by atoms with E-state index in [9.17, 15) is 0 Å². The van der Waals surface area contributed by atoms with E-state index >= 15 is 0 Å². The van der Waals surface area contributed by atoms with Gasteiger partial charge in [-0.1, -0.05) is 164 Å². The van der Waals surface area contributed by atoms with Crippen molar-refractivity contribution in [1.29, 1.82) is 0 Å². The average molecular weight is 742 g/mol. The van der Waals surface area contributed by atoms with Crippen molar-refractivity contribution in [3.8, 4) is 16.8 Å². The molecule has 11 aromatic rings. The lowest BCUT2D eigenvalue weighted by atomic mass is 9.95. The number of furan rings is 1. The summed E-state index contributed by atoms with van der Waals surface area (Å²) in [6, 6.07) is 68.2. The largest absolute Gasteiger partial charge is 0.453 e. The number of amidine groups is 2. The molecule has 0 saturated heterocycles. The standard InChI is InChI=1S/C53H33N4O/c1-3-15-33(16-4-1)51-54-52(34-17-5-2-6-18-34)56-53(55-51)39-23-13-22-37(29-39)43-31-38-21-9-10-24-40(38)48-42-26-14-28-46(49(42)58-50(43)48)57-45-27-12-11-25-41(45)44-30-35-19-7-8-20-36(35)32-47(44)57/h1-32,53H/q-1. The minimum absolute atomic E-state index is 0.479. The van der Waals surface area contributed by atoms with Gasteiger partial charge in [0, 0.05) is 27.1 Å². The first-order valence-electron chi connectivity index (χ1n) is 19.6. The van der Waals surface area contributed by atoms with Crippen molar-refractivity contribution in [1.82, 2.24) is 4.57 Å². The van der Waals surface area contributed by atoms with Crippen molar-refractivity contribution in [3.05, 3.63) is 216 Å². The SMILES string of the molecule is c1ccc(C2=NC(c3cccc(-c4cc5ccccc5c5c4oc4c(-n6c7ccccc7c7cc8ccccc8cc76)cccc45)c3)[N-]C(c3ccccc3)=N2)cc1. The molecule has 1 unspecified atom stereocenters. The van der Waals surface area contributed by atoms with Gasteiger partial charge in [0.2, 0.25) is 0 Å². The van der Waals surface area contributed by atoms with Gasteiger partial charge in [0.15, 0.2) is 5.58 Å². The van der Waals surface area contributed by atoms with Gasteiger partial charge >= 0.3 is 0 Å². The van der Waals surface area contributed by atoms with Crippen LogP contribution in [0.3, 0.4) is 0 Å². The van der Waals surface area contributed by atoms with Crippen molar-refractivity contribution in [3.63, 3.8) is 0 Å². The summed E-state index contributed by atoms with van der Waals surface area (Å²) >= 11 is 0. The zero-order valence-corrected chi connectivity index (χ0v) is 31.2. The smallest absolute Gasteiger partial charge is 0.159 e. The van der Waals surface area contributed by atoms with Gasteiger partial charge in [-0.05, 0) is 80.2 Å². The molecule has 12 rings (SSSR count). The predicted molar refractivity (Wildman–Crippen MR) is 241 cm³/mol. The molecule has 0 bridgehead atoms. The van der Waals surface area contributed by atoms with E-state index in [2.05, 4.69) is 138 Å². The van der Waals surface area contributed by atoms with Gasteiger partial charge in [0.05, 0.1) is 28.7 Å². The van der Waals surface area contributed by atoms with E-state index < -0.39 is 6.17 Å². The highest BCUT2D eigenvalue weighted by Crippen LogP contribution is 2.45. The Morgan fingerprint density at radius 2 is 1.12 bits per heavy atom. The number of benzene rings is 9. The summed E-state index contributed by atoms with van der Waals surface area (Å²) in [6.45, 7) is 0. The van der Waals surface area contributed by atoms with Gasteiger partial charge in [-0.15, -0.1) is 0 Å². The number of rotatable bonds is 5. The van der Waals surface area contributed by atoms with E-state index in [0.717, 1.165) is 77.2 Å². The fourth-order valence-electron chi connectivity index (χ4n) is 8.83. The van der Waals surface area contributed by atoms with Crippen molar-refractivity contribution in [2.24, 2.45) is 9.98 Å². The van der Waals surface area contributed by atoms with Gasteiger partial charge in [-0.25, -0.2) is 0 Å². The molecular weight excluding hydrogens is 709 g/mol. The van der Waals surface area contributed by atoms with Crippen LogP contribution in [0.5, 0.6) is 0 Å². The van der Waals surface area contributed by atoms with E-state index in [-0.39, 0.29) is 0 Å². The molecule has 0 saturated carbocycles. The molecule has 1 aliphatic rings. The molecular formula is C53H33N4O-. The first-order chi connectivity index (χ1) is 28.7. The number of aliphatic imine (C=N–C) groups is 2. The van der Waals surface area contributed by atoms with Crippen molar-refractivity contribution >= 4 is 77.0 Å². The number of aromatic nitrogens is 1. The van der Waals surface area contributed by atoms with Crippen LogP contribution in [-0.2, 0) is 0 Å².